The third kappa shape index (κ3) is 4.71. The Morgan fingerprint density at radius 1 is 0.927 bits per heavy atom. The molecule has 0 N–H and O–H groups in total. The first-order valence-corrected chi connectivity index (χ1v) is 12.9. The number of halogens is 2. The Bertz CT molecular complexity index is 1990. The highest BCUT2D eigenvalue weighted by atomic mass is 19.1. The number of ether oxygens (including phenoxy) is 1. The summed E-state index contributed by atoms with van der Waals surface area (Å²) in [5.41, 5.74) is 3.05. The lowest BCUT2D eigenvalue weighted by molar-refractivity contribution is 0.0991. The number of rotatable bonds is 7. The Morgan fingerprint density at radius 2 is 1.73 bits per heavy atom. The highest BCUT2D eigenvalue weighted by molar-refractivity contribution is 5.98. The van der Waals surface area contributed by atoms with E-state index in [0.717, 1.165) is 0 Å². The van der Waals surface area contributed by atoms with Gasteiger partial charge in [-0.2, -0.15) is 5.10 Å². The molecule has 0 spiro atoms. The summed E-state index contributed by atoms with van der Waals surface area (Å²) >= 11 is 0. The molecule has 41 heavy (non-hydrogen) atoms. The molecule has 7 nitrogen and oxygen atoms in total. The molecule has 0 atom stereocenters. The van der Waals surface area contributed by atoms with Crippen molar-refractivity contribution in [3.8, 4) is 28.3 Å². The fourth-order valence-electron chi connectivity index (χ4n) is 5.01. The van der Waals surface area contributed by atoms with Gasteiger partial charge in [0.1, 0.15) is 16.9 Å². The van der Waals surface area contributed by atoms with Crippen LogP contribution in [0.15, 0.2) is 102 Å². The minimum absolute atomic E-state index is 0.0528. The van der Waals surface area contributed by atoms with Gasteiger partial charge in [-0.05, 0) is 60.5 Å². The van der Waals surface area contributed by atoms with E-state index in [0.29, 0.717) is 39.3 Å². The van der Waals surface area contributed by atoms with Gasteiger partial charge in [0, 0.05) is 37.0 Å². The molecule has 0 amide bonds. The molecule has 0 aliphatic heterocycles. The van der Waals surface area contributed by atoms with Crippen molar-refractivity contribution in [1.82, 2.24) is 19.0 Å². The van der Waals surface area contributed by atoms with Crippen LogP contribution in [0.2, 0.25) is 0 Å². The molecular weight excluding hydrogens is 526 g/mol. The van der Waals surface area contributed by atoms with Gasteiger partial charge < -0.3 is 4.74 Å². The highest BCUT2D eigenvalue weighted by Gasteiger charge is 2.23. The topological polar surface area (TPSA) is 70.5 Å². The van der Waals surface area contributed by atoms with E-state index in [1.807, 2.05) is 18.2 Å². The number of Topliss-reactive ketones (excluding diaryl/α,β-unsaturated/α-hetero) is 1. The Hall–Kier alpha value is -5.31. The van der Waals surface area contributed by atoms with Gasteiger partial charge in [-0.15, -0.1) is 0 Å². The molecule has 0 bridgehead atoms. The molecule has 0 fully saturated rings. The summed E-state index contributed by atoms with van der Waals surface area (Å²) in [6, 6.07) is 22.8. The Kier molecular flexibility index (Phi) is 6.55. The fourth-order valence-corrected chi connectivity index (χ4v) is 5.01. The maximum atomic E-state index is 15.3. The van der Waals surface area contributed by atoms with Crippen molar-refractivity contribution in [3.63, 3.8) is 0 Å². The van der Waals surface area contributed by atoms with Crippen molar-refractivity contribution in [2.45, 2.75) is 13.3 Å². The number of ketones is 1. The largest absolute Gasteiger partial charge is 0.452 e. The second-order valence-corrected chi connectivity index (χ2v) is 9.63. The molecule has 3 heterocycles. The van der Waals surface area contributed by atoms with Crippen molar-refractivity contribution in [1.29, 1.82) is 0 Å². The van der Waals surface area contributed by atoms with Crippen molar-refractivity contribution in [3.05, 3.63) is 136 Å². The van der Waals surface area contributed by atoms with E-state index >= 15 is 4.39 Å². The first-order valence-electron chi connectivity index (χ1n) is 12.9. The van der Waals surface area contributed by atoms with Crippen LogP contribution < -0.4 is 10.3 Å². The van der Waals surface area contributed by atoms with Gasteiger partial charge in [-0.1, -0.05) is 36.4 Å². The van der Waals surface area contributed by atoms with Crippen molar-refractivity contribution >= 4 is 11.3 Å². The minimum atomic E-state index is -0.671. The molecule has 0 saturated carbocycles. The Morgan fingerprint density at radius 3 is 2.49 bits per heavy atom. The standard InChI is InChI=1S/C32H24F2N4O3/c1-20-30(32(40)38(36(20)2)24-9-4-3-5-10-24)27(39)18-21-11-12-28(26(34)17-21)41-29-13-15-35-37-16-14-25(31(29)37)22-7-6-8-23(33)19-22/h3-17,19H,18H2,1-2H3. The van der Waals surface area contributed by atoms with Crippen molar-refractivity contribution in [2.75, 3.05) is 0 Å². The van der Waals surface area contributed by atoms with Gasteiger partial charge in [0.15, 0.2) is 23.1 Å². The van der Waals surface area contributed by atoms with Crippen LogP contribution in [0.1, 0.15) is 21.6 Å². The fraction of sp³-hybridized carbons (Fsp3) is 0.0938. The van der Waals surface area contributed by atoms with E-state index in [4.69, 9.17) is 4.74 Å². The second-order valence-electron chi connectivity index (χ2n) is 9.63. The van der Waals surface area contributed by atoms with Gasteiger partial charge in [-0.25, -0.2) is 18.0 Å². The van der Waals surface area contributed by atoms with Crippen molar-refractivity contribution in [2.24, 2.45) is 7.05 Å². The normalized spacial score (nSPS) is 11.2. The Balaban J connectivity index is 1.28. The van der Waals surface area contributed by atoms with Crippen LogP contribution in [0, 0.1) is 18.6 Å². The molecule has 9 heteroatoms. The first-order chi connectivity index (χ1) is 19.8. The van der Waals surface area contributed by atoms with Crippen LogP contribution in [0.5, 0.6) is 11.5 Å². The van der Waals surface area contributed by atoms with E-state index in [-0.39, 0.29) is 23.6 Å². The molecular formula is C32H24F2N4O3. The maximum absolute atomic E-state index is 15.3. The zero-order valence-corrected chi connectivity index (χ0v) is 22.2. The Labute approximate surface area is 233 Å². The predicted octanol–water partition coefficient (Wildman–Crippen LogP) is 6.30. The predicted molar refractivity (Wildman–Crippen MR) is 151 cm³/mol. The summed E-state index contributed by atoms with van der Waals surface area (Å²) in [6.45, 7) is 1.71. The summed E-state index contributed by atoms with van der Waals surface area (Å²) in [5, 5.41) is 4.27. The van der Waals surface area contributed by atoms with E-state index in [2.05, 4.69) is 5.10 Å². The lowest BCUT2D eigenvalue weighted by Crippen LogP contribution is -2.23. The summed E-state index contributed by atoms with van der Waals surface area (Å²) in [5.74, 6) is -1.18. The average molecular weight is 551 g/mol. The molecule has 6 aromatic rings. The van der Waals surface area contributed by atoms with Gasteiger partial charge in [0.2, 0.25) is 0 Å². The van der Waals surface area contributed by atoms with E-state index in [1.54, 1.807) is 71.8 Å². The van der Waals surface area contributed by atoms with E-state index in [9.17, 15) is 14.0 Å². The molecule has 204 valence electrons. The third-order valence-electron chi connectivity index (χ3n) is 7.07. The van der Waals surface area contributed by atoms with Crippen LogP contribution in [-0.4, -0.2) is 24.8 Å². The van der Waals surface area contributed by atoms with Gasteiger partial charge in [0.05, 0.1) is 11.9 Å². The number of aromatic nitrogens is 4. The summed E-state index contributed by atoms with van der Waals surface area (Å²) < 4.78 is 39.8. The van der Waals surface area contributed by atoms with Crippen LogP contribution >= 0.6 is 0 Å². The molecule has 3 aromatic heterocycles. The molecule has 0 aliphatic rings. The molecule has 3 aromatic carbocycles. The number of nitrogens with zero attached hydrogens (tertiary/aromatic N) is 4. The van der Waals surface area contributed by atoms with Crippen LogP contribution in [0.4, 0.5) is 8.78 Å². The number of carbonyl (C=O) groups excluding carboxylic acids is 1. The van der Waals surface area contributed by atoms with Crippen LogP contribution in [0.3, 0.4) is 0 Å². The smallest absolute Gasteiger partial charge is 0.282 e. The minimum Gasteiger partial charge on any atom is -0.452 e. The number of fused-ring (bicyclic) bond motifs is 1. The number of para-hydroxylation sites is 1. The average Bonchev–Trinajstić information content (AvgIpc) is 3.49. The molecule has 0 saturated heterocycles. The third-order valence-corrected chi connectivity index (χ3v) is 7.07. The maximum Gasteiger partial charge on any atom is 0.282 e. The highest BCUT2D eigenvalue weighted by Crippen LogP contribution is 2.35. The summed E-state index contributed by atoms with van der Waals surface area (Å²) in [7, 11) is 1.72. The van der Waals surface area contributed by atoms with Crippen molar-refractivity contribution < 1.29 is 18.3 Å². The monoisotopic (exact) mass is 550 g/mol. The molecule has 0 unspecified atom stereocenters. The zero-order chi connectivity index (χ0) is 28.7. The first kappa shape index (κ1) is 25.9. The quantitative estimate of drug-likeness (QED) is 0.219. The van der Waals surface area contributed by atoms with Gasteiger partial charge in [-0.3, -0.25) is 14.3 Å². The van der Waals surface area contributed by atoms with Crippen LogP contribution in [0.25, 0.3) is 22.3 Å². The lowest BCUT2D eigenvalue weighted by Gasteiger charge is -2.11. The van der Waals surface area contributed by atoms with Gasteiger partial charge >= 0.3 is 0 Å². The molecule has 0 radical (unpaired) electrons. The number of hydrogen-bond donors (Lipinski definition) is 0. The number of carbonyl (C=O) groups is 1. The summed E-state index contributed by atoms with van der Waals surface area (Å²) in [6.07, 6.45) is 3.08. The molecule has 6 rings (SSSR count). The molecule has 0 aliphatic carbocycles. The van der Waals surface area contributed by atoms with Gasteiger partial charge in [0.25, 0.3) is 5.56 Å². The number of benzene rings is 3. The second kappa shape index (κ2) is 10.3. The van der Waals surface area contributed by atoms with E-state index in [1.165, 1.54) is 35.1 Å². The zero-order valence-electron chi connectivity index (χ0n) is 22.2. The van der Waals surface area contributed by atoms with Crippen LogP contribution in [-0.2, 0) is 13.5 Å². The SMILES string of the molecule is Cc1c(C(=O)Cc2ccc(Oc3ccnn4ccc(-c5cccc(F)c5)c34)c(F)c2)c(=O)n(-c2ccccc2)n1C. The summed E-state index contributed by atoms with van der Waals surface area (Å²) in [4.78, 5) is 26.4. The lowest BCUT2D eigenvalue weighted by atomic mass is 10.0. The number of hydrogen-bond acceptors (Lipinski definition) is 4. The van der Waals surface area contributed by atoms with E-state index < -0.39 is 17.2 Å².